The lowest BCUT2D eigenvalue weighted by Gasteiger charge is -2.29. The third kappa shape index (κ3) is 2.60. The molecule has 0 aromatic carbocycles. The molecule has 2 atom stereocenters. The second-order valence-corrected chi connectivity index (χ2v) is 6.57. The van der Waals surface area contributed by atoms with Crippen LogP contribution in [0.2, 0.25) is 0 Å². The standard InChI is InChI=1S/C14H21N3O2S/c15-9-10-3-4-11(19-10)12(18)17-14(5-1-2-6-14)13-16-7-8-20-13/h7-8,10-11H,1-6,9,15H2,(H,17,18)/t10-,11+/m1/s1. The Balaban J connectivity index is 1.70. The Morgan fingerprint density at radius 2 is 2.30 bits per heavy atom. The second kappa shape index (κ2) is 5.79. The zero-order chi connectivity index (χ0) is 14.0. The molecule has 0 unspecified atom stereocenters. The van der Waals surface area contributed by atoms with Gasteiger partial charge in [-0.2, -0.15) is 0 Å². The second-order valence-electron chi connectivity index (χ2n) is 5.68. The number of ether oxygens (including phenoxy) is 1. The number of carbonyl (C=O) groups excluding carboxylic acids is 1. The van der Waals surface area contributed by atoms with Crippen LogP contribution in [0.3, 0.4) is 0 Å². The number of carbonyl (C=O) groups is 1. The normalized spacial score (nSPS) is 28.6. The van der Waals surface area contributed by atoms with Gasteiger partial charge in [0.15, 0.2) is 0 Å². The van der Waals surface area contributed by atoms with Crippen molar-refractivity contribution < 1.29 is 9.53 Å². The minimum absolute atomic E-state index is 0.00181. The van der Waals surface area contributed by atoms with E-state index in [4.69, 9.17) is 10.5 Å². The molecule has 1 aliphatic carbocycles. The molecule has 6 heteroatoms. The molecule has 3 rings (SSSR count). The predicted molar refractivity (Wildman–Crippen MR) is 77.4 cm³/mol. The average Bonchev–Trinajstić information content (AvgIpc) is 3.19. The molecule has 1 aromatic heterocycles. The minimum atomic E-state index is -0.346. The highest BCUT2D eigenvalue weighted by molar-refractivity contribution is 7.09. The van der Waals surface area contributed by atoms with Gasteiger partial charge in [-0.15, -0.1) is 11.3 Å². The third-order valence-corrected chi connectivity index (χ3v) is 5.30. The highest BCUT2D eigenvalue weighted by Gasteiger charge is 2.41. The maximum absolute atomic E-state index is 12.5. The summed E-state index contributed by atoms with van der Waals surface area (Å²) < 4.78 is 5.69. The topological polar surface area (TPSA) is 77.2 Å². The Labute approximate surface area is 122 Å². The van der Waals surface area contributed by atoms with Crippen LogP contribution in [0.1, 0.15) is 43.5 Å². The van der Waals surface area contributed by atoms with Crippen molar-refractivity contribution in [2.24, 2.45) is 5.73 Å². The van der Waals surface area contributed by atoms with E-state index in [1.807, 2.05) is 11.6 Å². The van der Waals surface area contributed by atoms with Crippen molar-refractivity contribution in [2.75, 3.05) is 6.54 Å². The maximum Gasteiger partial charge on any atom is 0.249 e. The fourth-order valence-corrected chi connectivity index (χ4v) is 4.07. The first-order valence-electron chi connectivity index (χ1n) is 7.31. The van der Waals surface area contributed by atoms with Gasteiger partial charge in [-0.25, -0.2) is 4.98 Å². The van der Waals surface area contributed by atoms with Crippen molar-refractivity contribution in [1.29, 1.82) is 0 Å². The largest absolute Gasteiger partial charge is 0.364 e. The fourth-order valence-electron chi connectivity index (χ4n) is 3.22. The Bertz CT molecular complexity index is 457. The molecule has 1 saturated heterocycles. The van der Waals surface area contributed by atoms with E-state index in [0.29, 0.717) is 6.54 Å². The van der Waals surface area contributed by atoms with E-state index in [0.717, 1.165) is 43.5 Å². The van der Waals surface area contributed by atoms with Crippen LogP contribution >= 0.6 is 11.3 Å². The van der Waals surface area contributed by atoms with Crippen molar-refractivity contribution in [2.45, 2.75) is 56.3 Å². The van der Waals surface area contributed by atoms with E-state index < -0.39 is 0 Å². The van der Waals surface area contributed by atoms with Gasteiger partial charge in [0.2, 0.25) is 5.91 Å². The Kier molecular flexibility index (Phi) is 4.05. The number of thiazole rings is 1. The Morgan fingerprint density at radius 3 is 2.90 bits per heavy atom. The van der Waals surface area contributed by atoms with Crippen molar-refractivity contribution >= 4 is 17.2 Å². The van der Waals surface area contributed by atoms with Crippen molar-refractivity contribution in [3.05, 3.63) is 16.6 Å². The summed E-state index contributed by atoms with van der Waals surface area (Å²) in [5.41, 5.74) is 5.33. The van der Waals surface area contributed by atoms with Gasteiger partial charge >= 0.3 is 0 Å². The summed E-state index contributed by atoms with van der Waals surface area (Å²) in [6.07, 6.45) is 7.35. The van der Waals surface area contributed by atoms with Crippen molar-refractivity contribution in [3.8, 4) is 0 Å². The van der Waals surface area contributed by atoms with Gasteiger partial charge in [0.1, 0.15) is 11.1 Å². The van der Waals surface area contributed by atoms with E-state index in [1.165, 1.54) is 0 Å². The lowest BCUT2D eigenvalue weighted by Crippen LogP contribution is -2.48. The van der Waals surface area contributed by atoms with Gasteiger partial charge in [-0.05, 0) is 25.7 Å². The van der Waals surface area contributed by atoms with Crippen LogP contribution in [0.4, 0.5) is 0 Å². The van der Waals surface area contributed by atoms with Gasteiger partial charge in [-0.1, -0.05) is 12.8 Å². The van der Waals surface area contributed by atoms with E-state index in [-0.39, 0.29) is 23.7 Å². The number of hydrogen-bond acceptors (Lipinski definition) is 5. The maximum atomic E-state index is 12.5. The molecule has 2 fully saturated rings. The van der Waals surface area contributed by atoms with Crippen LogP contribution in [0.15, 0.2) is 11.6 Å². The number of nitrogens with one attached hydrogen (secondary N) is 1. The summed E-state index contributed by atoms with van der Waals surface area (Å²) in [5, 5.41) is 6.22. The first-order chi connectivity index (χ1) is 9.73. The summed E-state index contributed by atoms with van der Waals surface area (Å²) in [7, 11) is 0. The van der Waals surface area contributed by atoms with Gasteiger partial charge in [0.05, 0.1) is 11.6 Å². The average molecular weight is 295 g/mol. The van der Waals surface area contributed by atoms with Crippen LogP contribution < -0.4 is 11.1 Å². The van der Waals surface area contributed by atoms with E-state index in [1.54, 1.807) is 11.3 Å². The third-order valence-electron chi connectivity index (χ3n) is 4.32. The van der Waals surface area contributed by atoms with Gasteiger partial charge in [0.25, 0.3) is 0 Å². The lowest BCUT2D eigenvalue weighted by atomic mass is 9.97. The summed E-state index contributed by atoms with van der Waals surface area (Å²) in [5.74, 6) is -0.00181. The highest BCUT2D eigenvalue weighted by atomic mass is 32.1. The summed E-state index contributed by atoms with van der Waals surface area (Å²) in [6, 6.07) is 0. The Morgan fingerprint density at radius 1 is 1.50 bits per heavy atom. The first kappa shape index (κ1) is 14.0. The summed E-state index contributed by atoms with van der Waals surface area (Å²) in [6.45, 7) is 0.488. The monoisotopic (exact) mass is 295 g/mol. The molecule has 0 radical (unpaired) electrons. The summed E-state index contributed by atoms with van der Waals surface area (Å²) >= 11 is 1.62. The number of rotatable bonds is 4. The molecule has 5 nitrogen and oxygen atoms in total. The zero-order valence-electron chi connectivity index (χ0n) is 11.5. The lowest BCUT2D eigenvalue weighted by molar-refractivity contribution is -0.134. The quantitative estimate of drug-likeness (QED) is 0.883. The van der Waals surface area contributed by atoms with E-state index in [9.17, 15) is 4.79 Å². The molecule has 1 aromatic rings. The number of nitrogens with zero attached hydrogens (tertiary/aromatic N) is 1. The molecule has 2 aliphatic rings. The van der Waals surface area contributed by atoms with Crippen LogP contribution in [0, 0.1) is 0 Å². The van der Waals surface area contributed by atoms with Crippen LogP contribution in [0.5, 0.6) is 0 Å². The SMILES string of the molecule is NC[C@H]1CC[C@@H](C(=O)NC2(c3nccs3)CCCC2)O1. The predicted octanol–water partition coefficient (Wildman–Crippen LogP) is 1.53. The first-order valence-corrected chi connectivity index (χ1v) is 8.19. The van der Waals surface area contributed by atoms with Crippen LogP contribution in [0.25, 0.3) is 0 Å². The molecule has 0 spiro atoms. The zero-order valence-corrected chi connectivity index (χ0v) is 12.3. The number of amides is 1. The number of nitrogens with two attached hydrogens (primary N) is 1. The van der Waals surface area contributed by atoms with Crippen molar-refractivity contribution in [3.63, 3.8) is 0 Å². The van der Waals surface area contributed by atoms with Gasteiger partial charge in [-0.3, -0.25) is 4.79 Å². The molecule has 110 valence electrons. The van der Waals surface area contributed by atoms with Gasteiger partial charge < -0.3 is 15.8 Å². The molecule has 1 amide bonds. The molecule has 0 bridgehead atoms. The fraction of sp³-hybridized carbons (Fsp3) is 0.714. The van der Waals surface area contributed by atoms with Gasteiger partial charge in [0, 0.05) is 18.1 Å². The molecule has 1 aliphatic heterocycles. The molecule has 20 heavy (non-hydrogen) atoms. The molecule has 1 saturated carbocycles. The van der Waals surface area contributed by atoms with E-state index >= 15 is 0 Å². The van der Waals surface area contributed by atoms with Crippen LogP contribution in [-0.2, 0) is 15.1 Å². The van der Waals surface area contributed by atoms with Crippen LogP contribution in [-0.4, -0.2) is 29.6 Å². The van der Waals surface area contributed by atoms with Crippen molar-refractivity contribution in [1.82, 2.24) is 10.3 Å². The highest BCUT2D eigenvalue weighted by Crippen LogP contribution is 2.40. The number of aromatic nitrogens is 1. The molecule has 2 heterocycles. The number of hydrogen-bond donors (Lipinski definition) is 2. The smallest absolute Gasteiger partial charge is 0.249 e. The Hall–Kier alpha value is -0.980. The minimum Gasteiger partial charge on any atom is -0.364 e. The molecular weight excluding hydrogens is 274 g/mol. The molecule has 3 N–H and O–H groups in total. The molecular formula is C14H21N3O2S. The summed E-state index contributed by atoms with van der Waals surface area (Å²) in [4.78, 5) is 16.9. The van der Waals surface area contributed by atoms with E-state index in [2.05, 4.69) is 10.3 Å².